The molecule has 37 heavy (non-hydrogen) atoms. The van der Waals surface area contributed by atoms with Gasteiger partial charge in [-0.05, 0) is 34.1 Å². The van der Waals surface area contributed by atoms with Crippen LogP contribution in [0.5, 0.6) is 5.75 Å². The lowest BCUT2D eigenvalue weighted by Crippen LogP contribution is -2.50. The van der Waals surface area contributed by atoms with Gasteiger partial charge in [0.1, 0.15) is 23.6 Å². The quantitative estimate of drug-likeness (QED) is 0.414. The van der Waals surface area contributed by atoms with Crippen LogP contribution < -0.4 is 20.1 Å². The fraction of sp³-hybridized carbons (Fsp3) is 0.591. The molecule has 0 radical (unpaired) electrons. The van der Waals surface area contributed by atoms with Crippen LogP contribution in [0, 0.1) is 5.82 Å². The standard InChI is InChI=1S/C22H31FN4O8S.H3N/c1-6-7-12(2)25(21(32)35-22(3,4)5)10-13-8-14-15(27(13)20(30)31)9-16(28)19(18(14)23)26-11-17(29)24-36(26,33)34;/h9,12-13,28H,6-8,10-11H2,1-5H3,(H,24,29)(H,30,31);1H3/t12?,13-;/m1./s1. The van der Waals surface area contributed by atoms with Crippen LogP contribution in [0.15, 0.2) is 6.07 Å². The van der Waals surface area contributed by atoms with Gasteiger partial charge in [0.2, 0.25) is 0 Å². The lowest BCUT2D eigenvalue weighted by Gasteiger charge is -2.35. The van der Waals surface area contributed by atoms with Crippen molar-refractivity contribution < 1.29 is 42.1 Å². The van der Waals surface area contributed by atoms with Crippen molar-refractivity contribution in [2.24, 2.45) is 0 Å². The number of benzene rings is 1. The van der Waals surface area contributed by atoms with Crippen LogP contribution >= 0.6 is 0 Å². The Hall–Kier alpha value is -3.33. The van der Waals surface area contributed by atoms with E-state index in [1.54, 1.807) is 32.4 Å². The van der Waals surface area contributed by atoms with E-state index in [0.29, 0.717) is 10.7 Å². The number of aromatic hydroxyl groups is 1. The first-order valence-corrected chi connectivity index (χ1v) is 12.9. The molecule has 1 fully saturated rings. The molecule has 0 aliphatic carbocycles. The average Bonchev–Trinajstić information content (AvgIpc) is 3.20. The van der Waals surface area contributed by atoms with Crippen LogP contribution in [0.25, 0.3) is 0 Å². The van der Waals surface area contributed by atoms with Crippen molar-refractivity contribution in [3.63, 3.8) is 0 Å². The molecule has 15 heteroatoms. The predicted octanol–water partition coefficient (Wildman–Crippen LogP) is 2.71. The number of carbonyl (C=O) groups excluding carboxylic acids is 2. The topological polar surface area (TPSA) is 192 Å². The molecular weight excluding hydrogens is 513 g/mol. The molecule has 2 heterocycles. The minimum atomic E-state index is -4.43. The number of phenolic OH excluding ortho intramolecular Hbond substituents is 1. The monoisotopic (exact) mass is 547 g/mol. The van der Waals surface area contributed by atoms with Gasteiger partial charge in [-0.15, -0.1) is 0 Å². The van der Waals surface area contributed by atoms with Crippen molar-refractivity contribution in [3.8, 4) is 5.75 Å². The van der Waals surface area contributed by atoms with Crippen molar-refractivity contribution in [3.05, 3.63) is 17.4 Å². The molecule has 2 aliphatic heterocycles. The van der Waals surface area contributed by atoms with Crippen LogP contribution in [-0.4, -0.2) is 72.4 Å². The number of anilines is 2. The van der Waals surface area contributed by atoms with Gasteiger partial charge in [-0.1, -0.05) is 13.3 Å². The molecule has 3 rings (SSSR count). The Labute approximate surface area is 214 Å². The zero-order valence-electron chi connectivity index (χ0n) is 21.4. The Balaban J connectivity index is 0.00000481. The number of fused-ring (bicyclic) bond motifs is 1. The van der Waals surface area contributed by atoms with E-state index in [4.69, 9.17) is 4.74 Å². The smallest absolute Gasteiger partial charge is 0.412 e. The minimum absolute atomic E-state index is 0. The normalized spacial score (nSPS) is 19.1. The number of hydrogen-bond acceptors (Lipinski definition) is 8. The second-order valence-electron chi connectivity index (χ2n) is 9.87. The summed E-state index contributed by atoms with van der Waals surface area (Å²) in [7, 11) is -4.43. The number of hydrogen-bond donors (Lipinski definition) is 4. The van der Waals surface area contributed by atoms with Crippen LogP contribution in [0.4, 0.5) is 25.4 Å². The molecule has 6 N–H and O–H groups in total. The van der Waals surface area contributed by atoms with Crippen molar-refractivity contribution in [2.45, 2.75) is 71.6 Å². The van der Waals surface area contributed by atoms with Crippen LogP contribution in [0.3, 0.4) is 0 Å². The molecule has 208 valence electrons. The van der Waals surface area contributed by atoms with Crippen molar-refractivity contribution in [1.82, 2.24) is 15.8 Å². The molecule has 2 atom stereocenters. The third-order valence-corrected chi connectivity index (χ3v) is 7.29. The molecule has 13 nitrogen and oxygen atoms in total. The number of amides is 3. The summed E-state index contributed by atoms with van der Waals surface area (Å²) in [4.78, 5) is 39.0. The Morgan fingerprint density at radius 3 is 2.46 bits per heavy atom. The van der Waals surface area contributed by atoms with Gasteiger partial charge in [0.05, 0.1) is 11.7 Å². The third kappa shape index (κ3) is 5.98. The molecule has 0 spiro atoms. The first kappa shape index (κ1) is 29.9. The van der Waals surface area contributed by atoms with Crippen LogP contribution in [0.1, 0.15) is 53.0 Å². The maximum absolute atomic E-state index is 15.6. The second-order valence-corrected chi connectivity index (χ2v) is 11.5. The maximum Gasteiger partial charge on any atom is 0.412 e. The molecule has 0 saturated carbocycles. The first-order chi connectivity index (χ1) is 16.6. The molecule has 1 aromatic rings. The van der Waals surface area contributed by atoms with E-state index in [0.717, 1.165) is 17.4 Å². The van der Waals surface area contributed by atoms with Gasteiger partial charge in [0.25, 0.3) is 5.91 Å². The lowest BCUT2D eigenvalue weighted by atomic mass is 10.1. The van der Waals surface area contributed by atoms with Crippen molar-refractivity contribution >= 4 is 39.7 Å². The van der Waals surface area contributed by atoms with Crippen LogP contribution in [-0.2, 0) is 26.2 Å². The summed E-state index contributed by atoms with van der Waals surface area (Å²) in [6, 6.07) is -0.304. The lowest BCUT2D eigenvalue weighted by molar-refractivity contribution is -0.117. The molecule has 1 aromatic carbocycles. The Morgan fingerprint density at radius 2 is 1.97 bits per heavy atom. The Kier molecular flexibility index (Phi) is 8.54. The van der Waals surface area contributed by atoms with Gasteiger partial charge in [0.15, 0.2) is 5.82 Å². The highest BCUT2D eigenvalue weighted by Crippen LogP contribution is 2.44. The number of phenols is 1. The molecule has 0 aromatic heterocycles. The van der Waals surface area contributed by atoms with E-state index < -0.39 is 63.7 Å². The predicted molar refractivity (Wildman–Crippen MR) is 133 cm³/mol. The zero-order valence-corrected chi connectivity index (χ0v) is 22.3. The highest BCUT2D eigenvalue weighted by Gasteiger charge is 2.44. The third-order valence-electron chi connectivity index (χ3n) is 5.91. The summed E-state index contributed by atoms with van der Waals surface area (Å²) < 4.78 is 47.7. The molecule has 3 amide bonds. The zero-order chi connectivity index (χ0) is 27.2. The van der Waals surface area contributed by atoms with Gasteiger partial charge in [-0.2, -0.15) is 8.42 Å². The summed E-state index contributed by atoms with van der Waals surface area (Å²) in [5.41, 5.74) is -1.88. The Morgan fingerprint density at radius 1 is 1.35 bits per heavy atom. The average molecular weight is 548 g/mol. The SMILES string of the molecule is CCCC(C)N(C[C@H]1Cc2c(cc(O)c(N3CC(=O)NS3(=O)=O)c2F)N1C(=O)O)C(=O)OC(C)(C)C.N. The van der Waals surface area contributed by atoms with E-state index in [1.165, 1.54) is 4.90 Å². The fourth-order valence-electron chi connectivity index (χ4n) is 4.43. The number of halogens is 1. The van der Waals surface area contributed by atoms with E-state index in [2.05, 4.69) is 0 Å². The summed E-state index contributed by atoms with van der Waals surface area (Å²) in [5, 5.41) is 20.4. The van der Waals surface area contributed by atoms with Crippen molar-refractivity contribution in [1.29, 1.82) is 0 Å². The fourth-order valence-corrected chi connectivity index (χ4v) is 5.59. The van der Waals surface area contributed by atoms with Gasteiger partial charge in [-0.3, -0.25) is 9.69 Å². The highest BCUT2D eigenvalue weighted by atomic mass is 32.2. The number of rotatable bonds is 6. The number of nitrogens with zero attached hydrogens (tertiary/aromatic N) is 3. The molecule has 1 saturated heterocycles. The van der Waals surface area contributed by atoms with Gasteiger partial charge < -0.3 is 26.0 Å². The number of ether oxygens (including phenoxy) is 1. The molecule has 1 unspecified atom stereocenters. The van der Waals surface area contributed by atoms with Gasteiger partial charge in [0, 0.05) is 30.6 Å². The largest absolute Gasteiger partial charge is 0.506 e. The number of carboxylic acid groups (broad SMARTS) is 1. The number of carbonyl (C=O) groups is 3. The van der Waals surface area contributed by atoms with E-state index in [-0.39, 0.29) is 36.4 Å². The minimum Gasteiger partial charge on any atom is -0.506 e. The summed E-state index contributed by atoms with van der Waals surface area (Å²) in [6.07, 6.45) is -0.936. The summed E-state index contributed by atoms with van der Waals surface area (Å²) in [5.74, 6) is -2.91. The van der Waals surface area contributed by atoms with Gasteiger partial charge >= 0.3 is 22.4 Å². The van der Waals surface area contributed by atoms with E-state index in [9.17, 15) is 33.0 Å². The van der Waals surface area contributed by atoms with Gasteiger partial charge in [-0.25, -0.2) is 23.0 Å². The highest BCUT2D eigenvalue weighted by molar-refractivity contribution is 7.92. The Bertz CT molecular complexity index is 1190. The summed E-state index contributed by atoms with van der Waals surface area (Å²) in [6.45, 7) is 7.97. The molecule has 2 aliphatic rings. The van der Waals surface area contributed by atoms with E-state index in [1.807, 2.05) is 6.92 Å². The summed E-state index contributed by atoms with van der Waals surface area (Å²) >= 11 is 0. The molecular formula is C22H34FN5O8S. The molecule has 0 bridgehead atoms. The van der Waals surface area contributed by atoms with Crippen molar-refractivity contribution in [2.75, 3.05) is 22.3 Å². The van der Waals surface area contributed by atoms with Crippen LogP contribution in [0.2, 0.25) is 0 Å². The second kappa shape index (κ2) is 10.6. The van der Waals surface area contributed by atoms with E-state index >= 15 is 4.39 Å². The first-order valence-electron chi connectivity index (χ1n) is 11.5. The maximum atomic E-state index is 15.6. The number of nitrogens with one attached hydrogen (secondary N) is 1.